The molecule has 2 N–H and O–H groups in total. The summed E-state index contributed by atoms with van der Waals surface area (Å²) in [6.07, 6.45) is 0. The van der Waals surface area contributed by atoms with E-state index in [1.54, 1.807) is 24.3 Å². The maximum atomic E-state index is 12.0. The standard InChI is InChI=1S/C18H18BrClN2O3/c1-10-4-5-13(8-14(10)19)18(24)22-21-17(23)9-25-16-7-6-15(20)11(2)12(16)3/h4-8H,9H2,1-3H3,(H,21,23)(H,22,24). The third-order valence-corrected chi connectivity index (χ3v) is 5.04. The molecular formula is C18H18BrClN2O3. The third kappa shape index (κ3) is 4.96. The summed E-state index contributed by atoms with van der Waals surface area (Å²) in [5.41, 5.74) is 7.90. The van der Waals surface area contributed by atoms with Crippen molar-refractivity contribution in [2.75, 3.05) is 6.61 Å². The molecule has 0 fully saturated rings. The van der Waals surface area contributed by atoms with Crippen molar-refractivity contribution < 1.29 is 14.3 Å². The van der Waals surface area contributed by atoms with Gasteiger partial charge in [-0.25, -0.2) is 0 Å². The molecule has 0 aromatic heterocycles. The number of carbonyl (C=O) groups excluding carboxylic acids is 2. The Morgan fingerprint density at radius 2 is 1.80 bits per heavy atom. The van der Waals surface area contributed by atoms with Gasteiger partial charge in [-0.3, -0.25) is 20.4 Å². The second kappa shape index (κ2) is 8.36. The number of benzene rings is 2. The largest absolute Gasteiger partial charge is 0.483 e. The Morgan fingerprint density at radius 3 is 2.48 bits per heavy atom. The molecule has 0 unspecified atom stereocenters. The fraction of sp³-hybridized carbons (Fsp3) is 0.222. The Bertz CT molecular complexity index is 824. The van der Waals surface area contributed by atoms with Crippen LogP contribution in [-0.4, -0.2) is 18.4 Å². The molecule has 0 aliphatic rings. The van der Waals surface area contributed by atoms with Crippen LogP contribution in [0.3, 0.4) is 0 Å². The van der Waals surface area contributed by atoms with Crippen molar-refractivity contribution in [1.82, 2.24) is 10.9 Å². The number of aryl methyl sites for hydroxylation is 1. The van der Waals surface area contributed by atoms with Crippen LogP contribution in [0.2, 0.25) is 5.02 Å². The lowest BCUT2D eigenvalue weighted by Crippen LogP contribution is -2.43. The molecule has 7 heteroatoms. The second-order valence-corrected chi connectivity index (χ2v) is 6.81. The van der Waals surface area contributed by atoms with E-state index in [0.717, 1.165) is 21.2 Å². The number of hydrogen-bond acceptors (Lipinski definition) is 3. The van der Waals surface area contributed by atoms with Gasteiger partial charge in [-0.05, 0) is 61.7 Å². The van der Waals surface area contributed by atoms with Gasteiger partial charge < -0.3 is 4.74 Å². The van der Waals surface area contributed by atoms with Crippen molar-refractivity contribution in [2.24, 2.45) is 0 Å². The number of halogens is 2. The van der Waals surface area contributed by atoms with E-state index in [0.29, 0.717) is 16.3 Å². The van der Waals surface area contributed by atoms with Crippen LogP contribution in [0, 0.1) is 20.8 Å². The minimum absolute atomic E-state index is 0.222. The van der Waals surface area contributed by atoms with Crippen molar-refractivity contribution in [1.29, 1.82) is 0 Å². The smallest absolute Gasteiger partial charge is 0.276 e. The molecule has 0 saturated carbocycles. The van der Waals surface area contributed by atoms with Crippen LogP contribution >= 0.6 is 27.5 Å². The Balaban J connectivity index is 1.87. The summed E-state index contributed by atoms with van der Waals surface area (Å²) < 4.78 is 6.30. The van der Waals surface area contributed by atoms with Crippen LogP contribution in [0.5, 0.6) is 5.75 Å². The fourth-order valence-corrected chi connectivity index (χ4v) is 2.61. The monoisotopic (exact) mass is 424 g/mol. The van der Waals surface area contributed by atoms with Crippen LogP contribution in [-0.2, 0) is 4.79 Å². The Morgan fingerprint density at radius 1 is 1.08 bits per heavy atom. The van der Waals surface area contributed by atoms with Crippen molar-refractivity contribution in [3.63, 3.8) is 0 Å². The van der Waals surface area contributed by atoms with E-state index in [-0.39, 0.29) is 6.61 Å². The van der Waals surface area contributed by atoms with Crippen LogP contribution in [0.1, 0.15) is 27.0 Å². The van der Waals surface area contributed by atoms with Crippen LogP contribution < -0.4 is 15.6 Å². The van der Waals surface area contributed by atoms with Crippen molar-refractivity contribution in [3.8, 4) is 5.75 Å². The Kier molecular flexibility index (Phi) is 6.45. The van der Waals surface area contributed by atoms with Gasteiger partial charge in [-0.15, -0.1) is 0 Å². The van der Waals surface area contributed by atoms with Gasteiger partial charge in [0, 0.05) is 15.1 Å². The van der Waals surface area contributed by atoms with Crippen molar-refractivity contribution in [2.45, 2.75) is 20.8 Å². The van der Waals surface area contributed by atoms with Gasteiger partial charge in [0.1, 0.15) is 5.75 Å². The SMILES string of the molecule is Cc1ccc(C(=O)NNC(=O)COc2ccc(Cl)c(C)c2C)cc1Br. The first-order chi connectivity index (χ1) is 11.8. The van der Waals surface area contributed by atoms with E-state index >= 15 is 0 Å². The molecule has 0 aliphatic heterocycles. The van der Waals surface area contributed by atoms with Gasteiger partial charge in [0.2, 0.25) is 0 Å². The zero-order valence-electron chi connectivity index (χ0n) is 14.1. The summed E-state index contributed by atoms with van der Waals surface area (Å²) in [5, 5.41) is 0.644. The lowest BCUT2D eigenvalue weighted by atomic mass is 10.1. The van der Waals surface area contributed by atoms with E-state index in [1.807, 2.05) is 26.8 Å². The average molecular weight is 426 g/mol. The van der Waals surface area contributed by atoms with Gasteiger partial charge in [0.25, 0.3) is 11.8 Å². The number of carbonyl (C=O) groups is 2. The Labute approximate surface area is 159 Å². The van der Waals surface area contributed by atoms with Gasteiger partial charge in [0.15, 0.2) is 6.61 Å². The van der Waals surface area contributed by atoms with Crippen LogP contribution in [0.4, 0.5) is 0 Å². The molecule has 0 bridgehead atoms. The molecular weight excluding hydrogens is 408 g/mol. The lowest BCUT2D eigenvalue weighted by Gasteiger charge is -2.12. The fourth-order valence-electron chi connectivity index (χ4n) is 2.03. The summed E-state index contributed by atoms with van der Waals surface area (Å²) in [4.78, 5) is 23.9. The molecule has 25 heavy (non-hydrogen) atoms. The number of amides is 2. The summed E-state index contributed by atoms with van der Waals surface area (Å²) in [5.74, 6) is -0.301. The maximum absolute atomic E-state index is 12.0. The van der Waals surface area contributed by atoms with Gasteiger partial charge in [-0.2, -0.15) is 0 Å². The first kappa shape index (κ1) is 19.3. The molecule has 132 valence electrons. The number of hydrazine groups is 1. The molecule has 0 aliphatic carbocycles. The molecule has 2 aromatic rings. The van der Waals surface area contributed by atoms with E-state index in [9.17, 15) is 9.59 Å². The Hall–Kier alpha value is -2.05. The zero-order chi connectivity index (χ0) is 18.6. The zero-order valence-corrected chi connectivity index (χ0v) is 16.4. The normalized spacial score (nSPS) is 10.3. The first-order valence-corrected chi connectivity index (χ1v) is 8.70. The topological polar surface area (TPSA) is 67.4 Å². The lowest BCUT2D eigenvalue weighted by molar-refractivity contribution is -0.123. The molecule has 2 amide bonds. The highest BCUT2D eigenvalue weighted by molar-refractivity contribution is 9.10. The van der Waals surface area contributed by atoms with E-state index < -0.39 is 11.8 Å². The maximum Gasteiger partial charge on any atom is 0.276 e. The second-order valence-electron chi connectivity index (χ2n) is 5.55. The minimum Gasteiger partial charge on any atom is -0.483 e. The molecule has 0 spiro atoms. The molecule has 0 atom stereocenters. The van der Waals surface area contributed by atoms with Gasteiger partial charge in [-0.1, -0.05) is 33.6 Å². The van der Waals surface area contributed by atoms with Gasteiger partial charge in [0.05, 0.1) is 0 Å². The molecule has 2 aromatic carbocycles. The third-order valence-electron chi connectivity index (χ3n) is 3.78. The highest BCUT2D eigenvalue weighted by atomic mass is 79.9. The summed E-state index contributed by atoms with van der Waals surface area (Å²) in [6, 6.07) is 8.61. The summed E-state index contributed by atoms with van der Waals surface area (Å²) in [6.45, 7) is 5.45. The van der Waals surface area contributed by atoms with Crippen molar-refractivity contribution >= 4 is 39.3 Å². The van der Waals surface area contributed by atoms with E-state index in [2.05, 4.69) is 26.8 Å². The van der Waals surface area contributed by atoms with Crippen molar-refractivity contribution in [3.05, 3.63) is 62.1 Å². The highest BCUT2D eigenvalue weighted by Crippen LogP contribution is 2.27. The number of ether oxygens (including phenoxy) is 1. The average Bonchev–Trinajstić information content (AvgIpc) is 2.59. The number of nitrogens with one attached hydrogen (secondary N) is 2. The predicted octanol–water partition coefficient (Wildman–Crippen LogP) is 3.87. The summed E-state index contributed by atoms with van der Waals surface area (Å²) >= 11 is 9.39. The van der Waals surface area contributed by atoms with Crippen LogP contribution in [0.25, 0.3) is 0 Å². The molecule has 0 saturated heterocycles. The highest BCUT2D eigenvalue weighted by Gasteiger charge is 2.11. The number of hydrogen-bond donors (Lipinski definition) is 2. The molecule has 0 heterocycles. The van der Waals surface area contributed by atoms with Gasteiger partial charge >= 0.3 is 0 Å². The molecule has 2 rings (SSSR count). The minimum atomic E-state index is -0.466. The molecule has 0 radical (unpaired) electrons. The first-order valence-electron chi connectivity index (χ1n) is 7.53. The number of rotatable bonds is 4. The summed E-state index contributed by atoms with van der Waals surface area (Å²) in [7, 11) is 0. The van der Waals surface area contributed by atoms with Crippen LogP contribution in [0.15, 0.2) is 34.8 Å². The quantitative estimate of drug-likeness (QED) is 0.731. The predicted molar refractivity (Wildman–Crippen MR) is 101 cm³/mol. The van der Waals surface area contributed by atoms with E-state index in [1.165, 1.54) is 0 Å². The van der Waals surface area contributed by atoms with E-state index in [4.69, 9.17) is 16.3 Å². The molecule has 5 nitrogen and oxygen atoms in total.